The van der Waals surface area contributed by atoms with Gasteiger partial charge in [0, 0.05) is 0 Å². The number of carbonyl (C=O) groups excluding carboxylic acids is 1. The first-order valence-electron chi connectivity index (χ1n) is 6.61. The van der Waals surface area contributed by atoms with E-state index in [2.05, 4.69) is 11.4 Å². The molecule has 0 saturated heterocycles. The Balaban J connectivity index is 2.48. The van der Waals surface area contributed by atoms with Gasteiger partial charge >= 0.3 is 0 Å². The fourth-order valence-electron chi connectivity index (χ4n) is 1.95. The normalized spacial score (nSPS) is 11.9. The molecule has 1 amide bonds. The van der Waals surface area contributed by atoms with Gasteiger partial charge in [-0.3, -0.25) is 9.69 Å². The van der Waals surface area contributed by atoms with Gasteiger partial charge in [0.05, 0.1) is 25.2 Å². The topological polar surface area (TPSA) is 56.1 Å². The van der Waals surface area contributed by atoms with Crippen molar-refractivity contribution >= 4 is 5.91 Å². The van der Waals surface area contributed by atoms with Crippen molar-refractivity contribution in [2.45, 2.75) is 26.3 Å². The van der Waals surface area contributed by atoms with Crippen LogP contribution in [-0.2, 0) is 4.79 Å². The number of nitrogens with zero attached hydrogens (tertiary/aromatic N) is 2. The van der Waals surface area contributed by atoms with Gasteiger partial charge in [0.2, 0.25) is 5.91 Å². The van der Waals surface area contributed by atoms with Gasteiger partial charge in [-0.1, -0.05) is 37.3 Å². The number of hydrogen-bond acceptors (Lipinski definition) is 3. The van der Waals surface area contributed by atoms with Crippen molar-refractivity contribution in [3.8, 4) is 6.07 Å². The van der Waals surface area contributed by atoms with E-state index in [0.717, 1.165) is 18.5 Å². The Labute approximate surface area is 115 Å². The van der Waals surface area contributed by atoms with E-state index >= 15 is 0 Å². The second-order valence-electron chi connectivity index (χ2n) is 4.57. The summed E-state index contributed by atoms with van der Waals surface area (Å²) in [4.78, 5) is 13.8. The first-order chi connectivity index (χ1) is 9.17. The minimum atomic E-state index is -0.0416. The molecule has 4 heteroatoms. The smallest absolute Gasteiger partial charge is 0.234 e. The standard InChI is InChI=1S/C15H21N3O/c1-3-10-18(11-9-16)12-15(19)17-13(2)14-7-5-4-6-8-14/h4-8,13H,3,10-12H2,1-2H3,(H,17,19). The van der Waals surface area contributed by atoms with Crippen LogP contribution in [0.2, 0.25) is 0 Å². The molecule has 1 rings (SSSR count). The van der Waals surface area contributed by atoms with Crippen LogP contribution in [0, 0.1) is 11.3 Å². The van der Waals surface area contributed by atoms with Gasteiger partial charge in [0.25, 0.3) is 0 Å². The predicted molar refractivity (Wildman–Crippen MR) is 75.3 cm³/mol. The van der Waals surface area contributed by atoms with E-state index in [0.29, 0.717) is 6.54 Å². The zero-order valence-electron chi connectivity index (χ0n) is 11.6. The highest BCUT2D eigenvalue weighted by Gasteiger charge is 2.12. The molecule has 0 heterocycles. The van der Waals surface area contributed by atoms with Crippen molar-refractivity contribution < 1.29 is 4.79 Å². The third-order valence-corrected chi connectivity index (χ3v) is 2.88. The lowest BCUT2D eigenvalue weighted by atomic mass is 10.1. The van der Waals surface area contributed by atoms with E-state index in [1.54, 1.807) is 0 Å². The van der Waals surface area contributed by atoms with Crippen molar-refractivity contribution in [3.05, 3.63) is 35.9 Å². The molecule has 102 valence electrons. The summed E-state index contributed by atoms with van der Waals surface area (Å²) >= 11 is 0. The molecule has 0 fully saturated rings. The van der Waals surface area contributed by atoms with Crippen molar-refractivity contribution in [3.63, 3.8) is 0 Å². The van der Waals surface area contributed by atoms with Gasteiger partial charge in [-0.15, -0.1) is 0 Å². The van der Waals surface area contributed by atoms with Crippen molar-refractivity contribution in [1.82, 2.24) is 10.2 Å². The number of nitrogens with one attached hydrogen (secondary N) is 1. The average Bonchev–Trinajstić information content (AvgIpc) is 2.40. The Morgan fingerprint density at radius 1 is 1.42 bits per heavy atom. The van der Waals surface area contributed by atoms with E-state index in [4.69, 9.17) is 5.26 Å². The molecule has 0 radical (unpaired) electrons. The molecule has 0 aliphatic heterocycles. The molecule has 1 atom stereocenters. The minimum Gasteiger partial charge on any atom is -0.348 e. The number of amides is 1. The van der Waals surface area contributed by atoms with Crippen LogP contribution < -0.4 is 5.32 Å². The van der Waals surface area contributed by atoms with E-state index < -0.39 is 0 Å². The summed E-state index contributed by atoms with van der Waals surface area (Å²) in [6.07, 6.45) is 0.934. The molecule has 0 spiro atoms. The van der Waals surface area contributed by atoms with Crippen LogP contribution in [-0.4, -0.2) is 30.4 Å². The van der Waals surface area contributed by atoms with Crippen LogP contribution in [0.1, 0.15) is 31.9 Å². The molecule has 1 aromatic rings. The Bertz CT molecular complexity index is 425. The number of nitriles is 1. The molecule has 1 unspecified atom stereocenters. The second-order valence-corrected chi connectivity index (χ2v) is 4.57. The molecule has 1 aromatic carbocycles. The molecule has 1 N–H and O–H groups in total. The Hall–Kier alpha value is -1.86. The third kappa shape index (κ3) is 5.54. The first-order valence-corrected chi connectivity index (χ1v) is 6.61. The monoisotopic (exact) mass is 259 g/mol. The third-order valence-electron chi connectivity index (χ3n) is 2.88. The fraction of sp³-hybridized carbons (Fsp3) is 0.467. The predicted octanol–water partition coefficient (Wildman–Crippen LogP) is 2.10. The summed E-state index contributed by atoms with van der Waals surface area (Å²) in [5.74, 6) is -0.0416. The molecular weight excluding hydrogens is 238 g/mol. The summed E-state index contributed by atoms with van der Waals surface area (Å²) < 4.78 is 0. The number of carbonyl (C=O) groups is 1. The molecule has 4 nitrogen and oxygen atoms in total. The van der Waals surface area contributed by atoms with Crippen molar-refractivity contribution in [2.24, 2.45) is 0 Å². The number of rotatable bonds is 7. The van der Waals surface area contributed by atoms with Gasteiger partial charge in [0.15, 0.2) is 0 Å². The maximum Gasteiger partial charge on any atom is 0.234 e. The molecule has 0 aromatic heterocycles. The Morgan fingerprint density at radius 2 is 2.11 bits per heavy atom. The van der Waals surface area contributed by atoms with E-state index in [1.165, 1.54) is 0 Å². The van der Waals surface area contributed by atoms with Crippen LogP contribution in [0.5, 0.6) is 0 Å². The van der Waals surface area contributed by atoms with Crippen molar-refractivity contribution in [2.75, 3.05) is 19.6 Å². The van der Waals surface area contributed by atoms with Gasteiger partial charge in [-0.25, -0.2) is 0 Å². The molecular formula is C15H21N3O. The molecule has 19 heavy (non-hydrogen) atoms. The lowest BCUT2D eigenvalue weighted by molar-refractivity contribution is -0.122. The molecule has 0 aliphatic rings. The summed E-state index contributed by atoms with van der Waals surface area (Å²) in [6.45, 7) is 5.33. The van der Waals surface area contributed by atoms with Gasteiger partial charge in [-0.2, -0.15) is 5.26 Å². The van der Waals surface area contributed by atoms with Crippen LogP contribution in [0.15, 0.2) is 30.3 Å². The highest BCUT2D eigenvalue weighted by atomic mass is 16.2. The average molecular weight is 259 g/mol. The van der Waals surface area contributed by atoms with Crippen LogP contribution in [0.3, 0.4) is 0 Å². The first kappa shape index (κ1) is 15.2. The fourth-order valence-corrected chi connectivity index (χ4v) is 1.95. The molecule has 0 bridgehead atoms. The Kier molecular flexibility index (Phi) is 6.62. The zero-order valence-corrected chi connectivity index (χ0v) is 11.6. The lowest BCUT2D eigenvalue weighted by Crippen LogP contribution is -2.38. The maximum atomic E-state index is 11.9. The van der Waals surface area contributed by atoms with E-state index in [1.807, 2.05) is 49.1 Å². The molecule has 0 saturated carbocycles. The number of benzene rings is 1. The highest BCUT2D eigenvalue weighted by Crippen LogP contribution is 2.10. The number of hydrogen-bond donors (Lipinski definition) is 1. The summed E-state index contributed by atoms with van der Waals surface area (Å²) in [5.41, 5.74) is 1.08. The minimum absolute atomic E-state index is 0.0146. The highest BCUT2D eigenvalue weighted by molar-refractivity contribution is 5.78. The quantitative estimate of drug-likeness (QED) is 0.763. The van der Waals surface area contributed by atoms with Gasteiger partial charge in [-0.05, 0) is 25.5 Å². The maximum absolute atomic E-state index is 11.9. The van der Waals surface area contributed by atoms with Gasteiger partial charge < -0.3 is 5.32 Å². The lowest BCUT2D eigenvalue weighted by Gasteiger charge is -2.20. The molecule has 0 aliphatic carbocycles. The Morgan fingerprint density at radius 3 is 2.68 bits per heavy atom. The largest absolute Gasteiger partial charge is 0.348 e. The van der Waals surface area contributed by atoms with Crippen molar-refractivity contribution in [1.29, 1.82) is 5.26 Å². The summed E-state index contributed by atoms with van der Waals surface area (Å²) in [7, 11) is 0. The van der Waals surface area contributed by atoms with Crippen LogP contribution >= 0.6 is 0 Å². The van der Waals surface area contributed by atoms with Crippen LogP contribution in [0.25, 0.3) is 0 Å². The summed E-state index contributed by atoms with van der Waals surface area (Å²) in [5, 5.41) is 11.7. The zero-order chi connectivity index (χ0) is 14.1. The van der Waals surface area contributed by atoms with E-state index in [-0.39, 0.29) is 18.5 Å². The second kappa shape index (κ2) is 8.28. The van der Waals surface area contributed by atoms with Gasteiger partial charge in [0.1, 0.15) is 0 Å². The SMILES string of the molecule is CCCN(CC#N)CC(=O)NC(C)c1ccccc1. The van der Waals surface area contributed by atoms with Crippen LogP contribution in [0.4, 0.5) is 0 Å². The van der Waals surface area contributed by atoms with E-state index in [9.17, 15) is 4.79 Å². The summed E-state index contributed by atoms with van der Waals surface area (Å²) in [6, 6.07) is 11.9.